The zero-order valence-electron chi connectivity index (χ0n) is 17.0. The molecular weight excluding hydrogens is 424 g/mol. The summed E-state index contributed by atoms with van der Waals surface area (Å²) in [5.41, 5.74) is 1.37. The van der Waals surface area contributed by atoms with Gasteiger partial charge in [-0.3, -0.25) is 9.69 Å². The number of benzene rings is 2. The van der Waals surface area contributed by atoms with Crippen molar-refractivity contribution >= 4 is 33.0 Å². The van der Waals surface area contributed by atoms with Gasteiger partial charge in [-0.2, -0.15) is 0 Å². The molecule has 0 bridgehead atoms. The van der Waals surface area contributed by atoms with Gasteiger partial charge in [0.2, 0.25) is 5.91 Å². The van der Waals surface area contributed by atoms with Crippen LogP contribution in [0.3, 0.4) is 0 Å². The first-order chi connectivity index (χ1) is 14.2. The first-order valence-electron chi connectivity index (χ1n) is 9.97. The number of nitrogens with zero attached hydrogens (tertiary/aromatic N) is 1. The van der Waals surface area contributed by atoms with Gasteiger partial charge < -0.3 is 10.1 Å². The number of ether oxygens (including phenoxy) is 1. The predicted octanol–water partition coefficient (Wildman–Crippen LogP) is 3.50. The summed E-state index contributed by atoms with van der Waals surface area (Å²) < 4.78 is 29.0. The van der Waals surface area contributed by atoms with Gasteiger partial charge in [0, 0.05) is 23.0 Å². The van der Waals surface area contributed by atoms with Gasteiger partial charge >= 0.3 is 0 Å². The molecule has 1 fully saturated rings. The molecule has 0 aliphatic carbocycles. The van der Waals surface area contributed by atoms with Crippen LogP contribution in [-0.2, 0) is 20.0 Å². The van der Waals surface area contributed by atoms with Gasteiger partial charge in [-0.25, -0.2) is 8.42 Å². The number of carbonyl (C=O) groups is 1. The van der Waals surface area contributed by atoms with Crippen LogP contribution in [0.25, 0.3) is 0 Å². The van der Waals surface area contributed by atoms with Crippen LogP contribution >= 0.6 is 11.6 Å². The number of rotatable bonds is 5. The van der Waals surface area contributed by atoms with Crippen molar-refractivity contribution in [2.24, 2.45) is 0 Å². The number of likely N-dealkylation sites (tertiary alicyclic amines) is 1. The fraction of sp³-hybridized carbons (Fsp3) is 0.409. The molecule has 1 spiro atoms. The molecule has 0 saturated carbocycles. The molecule has 4 rings (SSSR count). The van der Waals surface area contributed by atoms with Crippen LogP contribution in [-0.4, -0.2) is 51.2 Å². The van der Waals surface area contributed by atoms with Crippen LogP contribution in [0.5, 0.6) is 5.75 Å². The van der Waals surface area contributed by atoms with E-state index in [0.29, 0.717) is 17.4 Å². The van der Waals surface area contributed by atoms with Gasteiger partial charge in [-0.1, -0.05) is 11.6 Å². The third kappa shape index (κ3) is 3.94. The normalized spacial score (nSPS) is 19.4. The number of fused-ring (bicyclic) bond motifs is 2. The standard InChI is InChI=1S/C22H25ClN2O4S/c1-15(14-29-17-4-6-18(7-5-17)30(2,27)28)25-11-9-22(10-12-25)19-13-16(23)3-8-20(19)24-21(22)26/h3-8,13,15H,9-12,14H2,1-2H3,(H,24,26). The number of hydrogen-bond donors (Lipinski definition) is 1. The number of amides is 1. The number of nitrogens with one attached hydrogen (secondary N) is 1. The molecule has 2 aliphatic heterocycles. The van der Waals surface area contributed by atoms with Gasteiger partial charge in [0.15, 0.2) is 9.84 Å². The Hall–Kier alpha value is -2.09. The van der Waals surface area contributed by atoms with Gasteiger partial charge in [0.25, 0.3) is 0 Å². The summed E-state index contributed by atoms with van der Waals surface area (Å²) in [6, 6.07) is 12.2. The minimum Gasteiger partial charge on any atom is -0.492 e. The minimum atomic E-state index is -3.21. The van der Waals surface area contributed by atoms with Crippen LogP contribution in [0, 0.1) is 0 Å². The summed E-state index contributed by atoms with van der Waals surface area (Å²) in [7, 11) is -3.21. The molecule has 1 unspecified atom stereocenters. The quantitative estimate of drug-likeness (QED) is 0.757. The highest BCUT2D eigenvalue weighted by Gasteiger charge is 2.48. The van der Waals surface area contributed by atoms with Crippen molar-refractivity contribution in [2.75, 3.05) is 31.3 Å². The smallest absolute Gasteiger partial charge is 0.235 e. The molecular formula is C22H25ClN2O4S. The zero-order chi connectivity index (χ0) is 21.5. The van der Waals surface area contributed by atoms with Crippen molar-refractivity contribution < 1.29 is 17.9 Å². The number of halogens is 1. The lowest BCUT2D eigenvalue weighted by molar-refractivity contribution is -0.122. The lowest BCUT2D eigenvalue weighted by atomic mass is 9.73. The predicted molar refractivity (Wildman–Crippen MR) is 117 cm³/mol. The van der Waals surface area contributed by atoms with E-state index >= 15 is 0 Å². The third-order valence-corrected chi connectivity index (χ3v) is 7.56. The molecule has 1 saturated heterocycles. The molecule has 2 aromatic carbocycles. The third-order valence-electron chi connectivity index (χ3n) is 6.20. The van der Waals surface area contributed by atoms with Crippen molar-refractivity contribution in [1.29, 1.82) is 0 Å². The molecule has 2 heterocycles. The molecule has 30 heavy (non-hydrogen) atoms. The molecule has 1 N–H and O–H groups in total. The van der Waals surface area contributed by atoms with Crippen molar-refractivity contribution in [3.63, 3.8) is 0 Å². The SMILES string of the molecule is CC(COc1ccc(S(C)(=O)=O)cc1)N1CCC2(CC1)C(=O)Nc1ccc(Cl)cc12. The van der Waals surface area contributed by atoms with Gasteiger partial charge in [-0.15, -0.1) is 0 Å². The second-order valence-electron chi connectivity index (χ2n) is 8.17. The lowest BCUT2D eigenvalue weighted by Crippen LogP contribution is -2.50. The van der Waals surface area contributed by atoms with E-state index in [0.717, 1.165) is 37.2 Å². The Kier molecular flexibility index (Phi) is 5.55. The second-order valence-corrected chi connectivity index (χ2v) is 10.6. The summed E-state index contributed by atoms with van der Waals surface area (Å²) in [5, 5.41) is 3.66. The number of carbonyl (C=O) groups excluding carboxylic acids is 1. The summed E-state index contributed by atoms with van der Waals surface area (Å²) in [6.07, 6.45) is 2.66. The number of hydrogen-bond acceptors (Lipinski definition) is 5. The fourth-order valence-corrected chi connectivity index (χ4v) is 5.14. The molecule has 8 heteroatoms. The Morgan fingerprint density at radius 2 is 1.83 bits per heavy atom. The lowest BCUT2D eigenvalue weighted by Gasteiger charge is -2.40. The van der Waals surface area contributed by atoms with Crippen molar-refractivity contribution in [2.45, 2.75) is 36.1 Å². The molecule has 6 nitrogen and oxygen atoms in total. The maximum Gasteiger partial charge on any atom is 0.235 e. The van der Waals surface area contributed by atoms with E-state index in [1.54, 1.807) is 30.3 Å². The average Bonchev–Trinajstić information content (AvgIpc) is 2.97. The van der Waals surface area contributed by atoms with E-state index in [1.807, 2.05) is 12.1 Å². The maximum absolute atomic E-state index is 12.8. The van der Waals surface area contributed by atoms with Gasteiger partial charge in [-0.05, 0) is 80.9 Å². The Morgan fingerprint density at radius 1 is 1.17 bits per heavy atom. The Balaban J connectivity index is 1.37. The molecule has 1 atom stereocenters. The highest BCUT2D eigenvalue weighted by Crippen LogP contribution is 2.46. The number of anilines is 1. The van der Waals surface area contributed by atoms with Crippen molar-refractivity contribution in [3.8, 4) is 5.75 Å². The first kappa shape index (κ1) is 21.2. The Morgan fingerprint density at radius 3 is 2.47 bits per heavy atom. The number of piperidine rings is 1. The van der Waals surface area contributed by atoms with Crippen LogP contribution < -0.4 is 10.1 Å². The van der Waals surface area contributed by atoms with Crippen LogP contribution in [0.1, 0.15) is 25.3 Å². The van der Waals surface area contributed by atoms with Crippen molar-refractivity contribution in [1.82, 2.24) is 4.90 Å². The van der Waals surface area contributed by atoms with E-state index in [-0.39, 0.29) is 16.8 Å². The molecule has 0 aromatic heterocycles. The van der Waals surface area contributed by atoms with Crippen LogP contribution in [0.2, 0.25) is 5.02 Å². The van der Waals surface area contributed by atoms with Crippen LogP contribution in [0.4, 0.5) is 5.69 Å². The summed E-state index contributed by atoms with van der Waals surface area (Å²) in [4.78, 5) is 15.4. The van der Waals surface area contributed by atoms with Crippen LogP contribution in [0.15, 0.2) is 47.4 Å². The summed E-state index contributed by atoms with van der Waals surface area (Å²) >= 11 is 6.19. The van der Waals surface area contributed by atoms with E-state index in [1.165, 1.54) is 6.26 Å². The van der Waals surface area contributed by atoms with Gasteiger partial charge in [0.1, 0.15) is 12.4 Å². The molecule has 1 amide bonds. The summed E-state index contributed by atoms with van der Waals surface area (Å²) in [5.74, 6) is 0.704. The topological polar surface area (TPSA) is 75.7 Å². The van der Waals surface area contributed by atoms with E-state index in [4.69, 9.17) is 16.3 Å². The molecule has 0 radical (unpaired) electrons. The van der Waals surface area contributed by atoms with Crippen molar-refractivity contribution in [3.05, 3.63) is 53.1 Å². The van der Waals surface area contributed by atoms with E-state index in [9.17, 15) is 13.2 Å². The largest absolute Gasteiger partial charge is 0.492 e. The monoisotopic (exact) mass is 448 g/mol. The van der Waals surface area contributed by atoms with E-state index in [2.05, 4.69) is 17.1 Å². The Labute approximate surface area is 182 Å². The highest BCUT2D eigenvalue weighted by molar-refractivity contribution is 7.90. The summed E-state index contributed by atoms with van der Waals surface area (Å²) in [6.45, 7) is 4.16. The highest BCUT2D eigenvalue weighted by atomic mass is 35.5. The first-order valence-corrected chi connectivity index (χ1v) is 12.2. The zero-order valence-corrected chi connectivity index (χ0v) is 18.6. The minimum absolute atomic E-state index is 0.0642. The van der Waals surface area contributed by atoms with E-state index < -0.39 is 15.3 Å². The molecule has 160 valence electrons. The molecule has 2 aliphatic rings. The number of sulfone groups is 1. The second kappa shape index (κ2) is 7.87. The Bertz CT molecular complexity index is 1060. The average molecular weight is 449 g/mol. The molecule has 2 aromatic rings. The fourth-order valence-electron chi connectivity index (χ4n) is 4.33. The van der Waals surface area contributed by atoms with Gasteiger partial charge in [0.05, 0.1) is 10.3 Å². The maximum atomic E-state index is 12.8.